The maximum Gasteiger partial charge on any atom is 0.251 e. The lowest BCUT2D eigenvalue weighted by molar-refractivity contribution is 0.0657. The van der Waals surface area contributed by atoms with Gasteiger partial charge in [-0.15, -0.1) is 0 Å². The molecule has 0 radical (unpaired) electrons. The predicted octanol–water partition coefficient (Wildman–Crippen LogP) is 5.14. The summed E-state index contributed by atoms with van der Waals surface area (Å²) in [5.74, 6) is 1.10. The maximum atomic E-state index is 12.8. The molecule has 3 rings (SSSR count). The normalized spacial score (nSPS) is 10.7. The molecule has 0 aliphatic heterocycles. The fourth-order valence-corrected chi connectivity index (χ4v) is 3.18. The van der Waals surface area contributed by atoms with Gasteiger partial charge in [-0.1, -0.05) is 54.6 Å². The lowest BCUT2D eigenvalue weighted by Crippen LogP contribution is -2.23. The van der Waals surface area contributed by atoms with Gasteiger partial charge in [-0.05, 0) is 42.7 Å². The Morgan fingerprint density at radius 2 is 1.39 bits per heavy atom. The summed E-state index contributed by atoms with van der Waals surface area (Å²) in [6.07, 6.45) is 0.188. The fraction of sp³-hybridized carbons (Fsp3) is 0.296. The Bertz CT molecular complexity index is 1010. The minimum Gasteiger partial charge on any atom is -0.493 e. The number of hydrogen-bond donors (Lipinski definition) is 1. The molecule has 3 aromatic carbocycles. The van der Waals surface area contributed by atoms with Crippen LogP contribution in [0.15, 0.2) is 66.7 Å². The average Bonchev–Trinajstić information content (AvgIpc) is 2.85. The molecule has 0 aliphatic carbocycles. The molecule has 0 atom stereocenters. The third kappa shape index (κ3) is 6.99. The standard InChI is InChI=1S/C27H31NO5/c1-19(2)32-17-22-12-10-20(11-13-22)16-28-27(29)23-14-24(30-3)26(25(15-23)31-4)33-18-21-8-6-5-7-9-21/h5-15,19H,16-18H2,1-4H3,(H,28,29). The van der Waals surface area contributed by atoms with Crippen LogP contribution in [0.1, 0.15) is 40.9 Å². The number of methoxy groups -OCH3 is 2. The molecule has 0 heterocycles. The number of benzene rings is 3. The van der Waals surface area contributed by atoms with Crippen LogP contribution in [0.5, 0.6) is 17.2 Å². The first kappa shape index (κ1) is 24.1. The first-order chi connectivity index (χ1) is 16.0. The van der Waals surface area contributed by atoms with Gasteiger partial charge in [0.15, 0.2) is 11.5 Å². The van der Waals surface area contributed by atoms with Gasteiger partial charge in [0, 0.05) is 12.1 Å². The Kier molecular flexibility index (Phi) is 8.72. The second kappa shape index (κ2) is 11.9. The van der Waals surface area contributed by atoms with Gasteiger partial charge in [-0.3, -0.25) is 4.79 Å². The second-order valence-electron chi connectivity index (χ2n) is 7.84. The van der Waals surface area contributed by atoms with E-state index in [1.807, 2.05) is 68.4 Å². The van der Waals surface area contributed by atoms with E-state index in [0.717, 1.165) is 16.7 Å². The highest BCUT2D eigenvalue weighted by molar-refractivity contribution is 5.95. The van der Waals surface area contributed by atoms with Crippen molar-refractivity contribution in [2.45, 2.75) is 39.7 Å². The first-order valence-electron chi connectivity index (χ1n) is 10.9. The lowest BCUT2D eigenvalue weighted by atomic mass is 10.1. The Labute approximate surface area is 195 Å². The Morgan fingerprint density at radius 3 is 1.97 bits per heavy atom. The molecule has 0 aliphatic rings. The first-order valence-corrected chi connectivity index (χ1v) is 10.9. The van der Waals surface area contributed by atoms with Crippen LogP contribution < -0.4 is 19.5 Å². The van der Waals surface area contributed by atoms with Gasteiger partial charge in [-0.25, -0.2) is 0 Å². The van der Waals surface area contributed by atoms with Gasteiger partial charge in [0.25, 0.3) is 5.91 Å². The predicted molar refractivity (Wildman–Crippen MR) is 128 cm³/mol. The summed E-state index contributed by atoms with van der Waals surface area (Å²) in [5.41, 5.74) is 3.54. The number of carbonyl (C=O) groups is 1. The lowest BCUT2D eigenvalue weighted by Gasteiger charge is -2.16. The summed E-state index contributed by atoms with van der Waals surface area (Å²) < 4.78 is 22.5. The van der Waals surface area contributed by atoms with E-state index >= 15 is 0 Å². The van der Waals surface area contributed by atoms with Gasteiger partial charge in [0.05, 0.1) is 26.9 Å². The van der Waals surface area contributed by atoms with E-state index in [2.05, 4.69) is 5.32 Å². The summed E-state index contributed by atoms with van der Waals surface area (Å²) in [6.45, 7) is 5.35. The van der Waals surface area contributed by atoms with Crippen molar-refractivity contribution in [3.63, 3.8) is 0 Å². The minimum atomic E-state index is -0.228. The van der Waals surface area contributed by atoms with E-state index in [-0.39, 0.29) is 12.0 Å². The Balaban J connectivity index is 1.66. The molecular weight excluding hydrogens is 418 g/mol. The molecule has 0 spiro atoms. The molecular formula is C27H31NO5. The van der Waals surface area contributed by atoms with Crippen molar-refractivity contribution in [3.8, 4) is 17.2 Å². The largest absolute Gasteiger partial charge is 0.493 e. The van der Waals surface area contributed by atoms with E-state index in [4.69, 9.17) is 18.9 Å². The van der Waals surface area contributed by atoms with Crippen molar-refractivity contribution < 1.29 is 23.7 Å². The molecule has 0 fully saturated rings. The van der Waals surface area contributed by atoms with Crippen LogP contribution in [0.4, 0.5) is 0 Å². The van der Waals surface area contributed by atoms with E-state index < -0.39 is 0 Å². The zero-order valence-corrected chi connectivity index (χ0v) is 19.6. The van der Waals surface area contributed by atoms with Gasteiger partial charge < -0.3 is 24.3 Å². The van der Waals surface area contributed by atoms with Crippen molar-refractivity contribution >= 4 is 5.91 Å². The number of hydrogen-bond acceptors (Lipinski definition) is 5. The summed E-state index contributed by atoms with van der Waals surface area (Å²) in [7, 11) is 3.08. The third-order valence-electron chi connectivity index (χ3n) is 5.01. The highest BCUT2D eigenvalue weighted by atomic mass is 16.5. The molecule has 0 unspecified atom stereocenters. The van der Waals surface area contributed by atoms with Crippen LogP contribution in [0.2, 0.25) is 0 Å². The van der Waals surface area contributed by atoms with E-state index in [9.17, 15) is 4.79 Å². The molecule has 6 heteroatoms. The molecule has 0 aromatic heterocycles. The van der Waals surface area contributed by atoms with Crippen molar-refractivity contribution in [3.05, 3.63) is 89.0 Å². The summed E-state index contributed by atoms with van der Waals surface area (Å²) in [6, 6.07) is 21.1. The fourth-order valence-electron chi connectivity index (χ4n) is 3.18. The average molecular weight is 450 g/mol. The monoisotopic (exact) mass is 449 g/mol. The molecule has 6 nitrogen and oxygen atoms in total. The van der Waals surface area contributed by atoms with Crippen LogP contribution in [0, 0.1) is 0 Å². The van der Waals surface area contributed by atoms with E-state index in [1.165, 1.54) is 14.2 Å². The van der Waals surface area contributed by atoms with Crippen molar-refractivity contribution in [2.75, 3.05) is 14.2 Å². The van der Waals surface area contributed by atoms with Crippen LogP contribution in [0.25, 0.3) is 0 Å². The van der Waals surface area contributed by atoms with E-state index in [0.29, 0.717) is 42.6 Å². The molecule has 174 valence electrons. The van der Waals surface area contributed by atoms with Crippen LogP contribution >= 0.6 is 0 Å². The van der Waals surface area contributed by atoms with Gasteiger partial charge in [-0.2, -0.15) is 0 Å². The van der Waals surface area contributed by atoms with Crippen molar-refractivity contribution in [1.29, 1.82) is 0 Å². The number of amides is 1. The minimum absolute atomic E-state index is 0.188. The molecule has 1 amide bonds. The number of nitrogens with one attached hydrogen (secondary N) is 1. The molecule has 3 aromatic rings. The number of rotatable bonds is 11. The maximum absolute atomic E-state index is 12.8. The zero-order valence-electron chi connectivity index (χ0n) is 19.6. The molecule has 33 heavy (non-hydrogen) atoms. The third-order valence-corrected chi connectivity index (χ3v) is 5.01. The van der Waals surface area contributed by atoms with Crippen LogP contribution in [-0.4, -0.2) is 26.2 Å². The number of ether oxygens (including phenoxy) is 4. The van der Waals surface area contributed by atoms with Gasteiger partial charge >= 0.3 is 0 Å². The van der Waals surface area contributed by atoms with E-state index in [1.54, 1.807) is 12.1 Å². The molecule has 1 N–H and O–H groups in total. The molecule has 0 saturated carbocycles. The van der Waals surface area contributed by atoms with Crippen LogP contribution in [0.3, 0.4) is 0 Å². The van der Waals surface area contributed by atoms with Crippen molar-refractivity contribution in [2.24, 2.45) is 0 Å². The van der Waals surface area contributed by atoms with Crippen molar-refractivity contribution in [1.82, 2.24) is 5.32 Å². The number of carbonyl (C=O) groups excluding carboxylic acids is 1. The second-order valence-corrected chi connectivity index (χ2v) is 7.84. The highest BCUT2D eigenvalue weighted by Crippen LogP contribution is 2.39. The SMILES string of the molecule is COc1cc(C(=O)NCc2ccc(COC(C)C)cc2)cc(OC)c1OCc1ccccc1. The van der Waals surface area contributed by atoms with Crippen LogP contribution in [-0.2, 0) is 24.5 Å². The zero-order chi connectivity index (χ0) is 23.6. The Morgan fingerprint density at radius 1 is 0.818 bits per heavy atom. The topological polar surface area (TPSA) is 66.0 Å². The highest BCUT2D eigenvalue weighted by Gasteiger charge is 2.18. The summed E-state index contributed by atoms with van der Waals surface area (Å²) >= 11 is 0. The molecule has 0 bridgehead atoms. The van der Waals surface area contributed by atoms with Gasteiger partial charge in [0.2, 0.25) is 5.75 Å². The smallest absolute Gasteiger partial charge is 0.251 e. The van der Waals surface area contributed by atoms with Gasteiger partial charge in [0.1, 0.15) is 6.61 Å². The quantitative estimate of drug-likeness (QED) is 0.439. The summed E-state index contributed by atoms with van der Waals surface area (Å²) in [4.78, 5) is 12.8. The summed E-state index contributed by atoms with van der Waals surface area (Å²) in [5, 5.41) is 2.94. The Hall–Kier alpha value is -3.51. The molecule has 0 saturated heterocycles.